The van der Waals surface area contributed by atoms with Crippen LogP contribution in [0.2, 0.25) is 0 Å². The number of likely N-dealkylation sites (N-methyl/N-ethyl adjacent to an activating group) is 1. The molecule has 4 atom stereocenters. The molecule has 3 aliphatic rings. The highest BCUT2D eigenvalue weighted by molar-refractivity contribution is 14.1. The zero-order valence-electron chi connectivity index (χ0n) is 19.1. The van der Waals surface area contributed by atoms with E-state index in [1.54, 1.807) is 20.2 Å². The number of primary amides is 1. The highest BCUT2D eigenvalue weighted by Gasteiger charge is 2.64. The van der Waals surface area contributed by atoms with Gasteiger partial charge in [-0.1, -0.05) is 0 Å². The summed E-state index contributed by atoms with van der Waals surface area (Å²) >= 11 is 1.92. The number of ketones is 2. The zero-order chi connectivity index (χ0) is 25.4. The number of phenolic OH excluding ortho intramolecular Hbond substituents is 1. The largest absolute Gasteiger partial charge is 0.508 e. The summed E-state index contributed by atoms with van der Waals surface area (Å²) in [7, 11) is 6.77. The standard InChI is InChI=1S/C23H26IN3O7/c1-26(2)12-7-11(24)17(28)14-9(12)5-8-6-10-16(27(3)4)19(30)15(22(25)33)21(32)23(10,34)20(31)13(8)18(14)29/h7-8,10,16,28-29,32,34H,5-6H2,1-4H3,(H2,25,33). The average molecular weight is 583 g/mol. The van der Waals surface area contributed by atoms with Gasteiger partial charge in [0, 0.05) is 31.3 Å². The van der Waals surface area contributed by atoms with Crippen molar-refractivity contribution in [1.29, 1.82) is 0 Å². The molecule has 0 aliphatic heterocycles. The van der Waals surface area contributed by atoms with Crippen molar-refractivity contribution >= 4 is 51.5 Å². The molecule has 6 N–H and O–H groups in total. The van der Waals surface area contributed by atoms with Gasteiger partial charge in [-0.3, -0.25) is 19.3 Å². The Balaban J connectivity index is 2.01. The molecule has 1 saturated carbocycles. The number of aliphatic hydroxyl groups is 3. The molecule has 0 radical (unpaired) electrons. The van der Waals surface area contributed by atoms with Crippen LogP contribution in [-0.4, -0.2) is 82.6 Å². The van der Waals surface area contributed by atoms with Crippen LogP contribution in [0, 0.1) is 15.4 Å². The van der Waals surface area contributed by atoms with Gasteiger partial charge in [-0.05, 0) is 67.1 Å². The van der Waals surface area contributed by atoms with Gasteiger partial charge in [0.15, 0.2) is 11.4 Å². The highest BCUT2D eigenvalue weighted by atomic mass is 127. The summed E-state index contributed by atoms with van der Waals surface area (Å²) in [5, 5.41) is 44.4. The maximum absolute atomic E-state index is 13.8. The Hall–Kier alpha value is -2.64. The fourth-order valence-electron chi connectivity index (χ4n) is 5.66. The van der Waals surface area contributed by atoms with E-state index in [1.165, 1.54) is 4.90 Å². The third-order valence-corrected chi connectivity index (χ3v) is 7.95. The minimum Gasteiger partial charge on any atom is -0.508 e. The van der Waals surface area contributed by atoms with Crippen LogP contribution in [0.1, 0.15) is 17.5 Å². The van der Waals surface area contributed by atoms with Crippen LogP contribution in [0.3, 0.4) is 0 Å². The summed E-state index contributed by atoms with van der Waals surface area (Å²) in [6.45, 7) is 0. The molecule has 34 heavy (non-hydrogen) atoms. The van der Waals surface area contributed by atoms with E-state index in [4.69, 9.17) is 5.73 Å². The van der Waals surface area contributed by atoms with Crippen LogP contribution in [0.4, 0.5) is 5.69 Å². The first-order chi connectivity index (χ1) is 15.7. The second kappa shape index (κ2) is 7.95. The first-order valence-electron chi connectivity index (χ1n) is 10.6. The quantitative estimate of drug-likeness (QED) is 0.254. The van der Waals surface area contributed by atoms with E-state index in [-0.39, 0.29) is 29.7 Å². The first kappa shape index (κ1) is 24.5. The minimum atomic E-state index is -2.63. The monoisotopic (exact) mass is 583 g/mol. The second-order valence-electron chi connectivity index (χ2n) is 9.44. The number of Topliss-reactive ketones (excluding diaryl/α,β-unsaturated/α-hetero) is 2. The number of aliphatic hydroxyl groups excluding tert-OH is 2. The summed E-state index contributed by atoms with van der Waals surface area (Å²) in [5.74, 6) is -6.52. The van der Waals surface area contributed by atoms with E-state index in [9.17, 15) is 34.8 Å². The zero-order valence-corrected chi connectivity index (χ0v) is 21.2. The van der Waals surface area contributed by atoms with Crippen molar-refractivity contribution in [2.24, 2.45) is 17.6 Å². The maximum Gasteiger partial charge on any atom is 0.255 e. The molecule has 1 aromatic carbocycles. The van der Waals surface area contributed by atoms with Crippen LogP contribution in [-0.2, 0) is 20.8 Å². The Morgan fingerprint density at radius 2 is 1.79 bits per heavy atom. The Morgan fingerprint density at radius 1 is 1.18 bits per heavy atom. The topological polar surface area (TPSA) is 165 Å². The molecule has 1 aromatic rings. The number of hydrogen-bond acceptors (Lipinski definition) is 9. The predicted molar refractivity (Wildman–Crippen MR) is 131 cm³/mol. The summed E-state index contributed by atoms with van der Waals surface area (Å²) < 4.78 is 0.459. The number of amides is 1. The van der Waals surface area contributed by atoms with Crippen molar-refractivity contribution in [1.82, 2.24) is 4.90 Å². The summed E-state index contributed by atoms with van der Waals surface area (Å²) in [6, 6.07) is 0.671. The van der Waals surface area contributed by atoms with E-state index in [2.05, 4.69) is 0 Å². The number of halogens is 1. The molecule has 10 nitrogen and oxygen atoms in total. The molecule has 0 saturated heterocycles. The smallest absolute Gasteiger partial charge is 0.255 e. The number of nitrogens with zero attached hydrogens (tertiary/aromatic N) is 2. The molecular weight excluding hydrogens is 557 g/mol. The van der Waals surface area contributed by atoms with E-state index < -0.39 is 58.0 Å². The molecule has 0 aromatic heterocycles. The molecule has 3 aliphatic carbocycles. The van der Waals surface area contributed by atoms with Crippen molar-refractivity contribution in [2.75, 3.05) is 33.1 Å². The molecule has 0 bridgehead atoms. The third-order valence-electron chi connectivity index (χ3n) is 7.13. The Kier molecular flexibility index (Phi) is 5.73. The van der Waals surface area contributed by atoms with Gasteiger partial charge in [0.25, 0.3) is 5.91 Å². The molecule has 182 valence electrons. The molecule has 0 spiro atoms. The lowest BCUT2D eigenvalue weighted by atomic mass is 9.57. The fourth-order valence-corrected chi connectivity index (χ4v) is 6.22. The van der Waals surface area contributed by atoms with Crippen molar-refractivity contribution in [3.8, 4) is 5.75 Å². The van der Waals surface area contributed by atoms with Crippen molar-refractivity contribution in [2.45, 2.75) is 24.5 Å². The van der Waals surface area contributed by atoms with Crippen LogP contribution in [0.25, 0.3) is 5.76 Å². The van der Waals surface area contributed by atoms with E-state index in [0.29, 0.717) is 9.13 Å². The maximum atomic E-state index is 13.8. The molecule has 0 heterocycles. The van der Waals surface area contributed by atoms with Crippen LogP contribution in [0.5, 0.6) is 5.75 Å². The third kappa shape index (κ3) is 3.09. The van der Waals surface area contributed by atoms with E-state index in [1.807, 2.05) is 41.6 Å². The normalized spacial score (nSPS) is 28.6. The number of nitrogens with two attached hydrogens (primary N) is 1. The highest BCUT2D eigenvalue weighted by Crippen LogP contribution is 2.54. The number of benzene rings is 1. The van der Waals surface area contributed by atoms with Crippen LogP contribution < -0.4 is 10.6 Å². The number of anilines is 1. The summed E-state index contributed by atoms with van der Waals surface area (Å²) in [6.07, 6.45) is 0.317. The van der Waals surface area contributed by atoms with Gasteiger partial charge < -0.3 is 31.1 Å². The summed E-state index contributed by atoms with van der Waals surface area (Å²) in [5.41, 5.74) is 3.18. The predicted octanol–water partition coefficient (Wildman–Crippen LogP) is 0.635. The Bertz CT molecular complexity index is 1220. The number of aromatic hydroxyl groups is 1. The lowest BCUT2D eigenvalue weighted by Gasteiger charge is -2.50. The molecular formula is C23H26IN3O7. The van der Waals surface area contributed by atoms with Gasteiger partial charge in [0.1, 0.15) is 22.8 Å². The number of rotatable bonds is 3. The summed E-state index contributed by atoms with van der Waals surface area (Å²) in [4.78, 5) is 42.2. The van der Waals surface area contributed by atoms with E-state index >= 15 is 0 Å². The van der Waals surface area contributed by atoms with E-state index in [0.717, 1.165) is 5.69 Å². The number of hydrogen-bond donors (Lipinski definition) is 5. The van der Waals surface area contributed by atoms with Gasteiger partial charge in [-0.25, -0.2) is 0 Å². The average Bonchev–Trinajstić information content (AvgIpc) is 2.72. The molecule has 4 unspecified atom stereocenters. The number of fused-ring (bicyclic) bond motifs is 3. The lowest BCUT2D eigenvalue weighted by molar-refractivity contribution is -0.153. The number of carbonyl (C=O) groups is 3. The molecule has 4 rings (SSSR count). The lowest BCUT2D eigenvalue weighted by Crippen LogP contribution is -2.65. The van der Waals surface area contributed by atoms with Gasteiger partial charge >= 0.3 is 0 Å². The van der Waals surface area contributed by atoms with Gasteiger partial charge in [-0.15, -0.1) is 0 Å². The molecule has 11 heteroatoms. The Labute approximate surface area is 209 Å². The van der Waals surface area contributed by atoms with Crippen LogP contribution >= 0.6 is 22.6 Å². The molecule has 1 fully saturated rings. The fraction of sp³-hybridized carbons (Fsp3) is 0.435. The SMILES string of the molecule is CN(C)c1cc(I)c(O)c2c1CC1CC3C(N(C)C)C(=O)C(C(N)=O)=C(O)C3(O)C(=O)C1=C2O. The van der Waals surface area contributed by atoms with Gasteiger partial charge in [-0.2, -0.15) is 0 Å². The number of carbonyl (C=O) groups excluding carboxylic acids is 3. The van der Waals surface area contributed by atoms with Crippen molar-refractivity contribution in [3.63, 3.8) is 0 Å². The number of phenols is 1. The second-order valence-corrected chi connectivity index (χ2v) is 10.6. The van der Waals surface area contributed by atoms with Gasteiger partial charge in [0.05, 0.1) is 15.2 Å². The van der Waals surface area contributed by atoms with Crippen LogP contribution in [0.15, 0.2) is 23.0 Å². The minimum absolute atomic E-state index is 0.0609. The van der Waals surface area contributed by atoms with Crippen molar-refractivity contribution < 1.29 is 34.8 Å². The first-order valence-corrected chi connectivity index (χ1v) is 11.7. The van der Waals surface area contributed by atoms with Gasteiger partial charge in [0.2, 0.25) is 5.78 Å². The van der Waals surface area contributed by atoms with Crippen molar-refractivity contribution in [3.05, 3.63) is 37.7 Å². The Morgan fingerprint density at radius 3 is 2.32 bits per heavy atom. The molecule has 1 amide bonds.